The molecule has 5 heteroatoms. The molecule has 0 aliphatic carbocycles. The molecule has 0 N–H and O–H groups in total. The van der Waals surface area contributed by atoms with Crippen LogP contribution in [0.5, 0.6) is 0 Å². The van der Waals surface area contributed by atoms with E-state index in [0.29, 0.717) is 18.0 Å². The maximum atomic E-state index is 11.9. The normalized spacial score (nSPS) is 10.3. The highest BCUT2D eigenvalue weighted by atomic mass is 79.9. The van der Waals surface area contributed by atoms with Gasteiger partial charge in [0.05, 0.1) is 5.69 Å². The molecule has 0 aliphatic rings. The van der Waals surface area contributed by atoms with Crippen LogP contribution in [0.25, 0.3) is 0 Å². The van der Waals surface area contributed by atoms with Gasteiger partial charge >= 0.3 is 0 Å². The lowest BCUT2D eigenvalue weighted by Gasteiger charge is -2.18. The largest absolute Gasteiger partial charge is 0.438 e. The minimum atomic E-state index is -0.0755. The van der Waals surface area contributed by atoms with Gasteiger partial charge < -0.3 is 9.32 Å². The monoisotopic (exact) mass is 274 g/mol. The van der Waals surface area contributed by atoms with Crippen LogP contribution >= 0.6 is 15.9 Å². The molecule has 0 atom stereocenters. The van der Waals surface area contributed by atoms with Crippen molar-refractivity contribution in [3.63, 3.8) is 0 Å². The molecule has 0 unspecified atom stereocenters. The summed E-state index contributed by atoms with van der Waals surface area (Å²) in [6, 6.07) is 0. The van der Waals surface area contributed by atoms with Gasteiger partial charge in [-0.25, -0.2) is 4.98 Å². The Morgan fingerprint density at radius 3 is 2.87 bits per heavy atom. The standard InChI is InChI=1S/C10H15BrN2O2/c1-3-13(6-4-5-11)10(14)9-8(2)12-7-15-9/h7H,3-6H2,1-2H3. The van der Waals surface area contributed by atoms with Crippen LogP contribution in [-0.4, -0.2) is 34.2 Å². The number of aryl methyl sites for hydroxylation is 1. The first-order valence-electron chi connectivity index (χ1n) is 4.96. The van der Waals surface area contributed by atoms with E-state index >= 15 is 0 Å². The Kier molecular flexibility index (Phi) is 4.81. The molecule has 1 aromatic rings. The van der Waals surface area contributed by atoms with E-state index < -0.39 is 0 Å². The molecule has 0 bridgehead atoms. The zero-order valence-corrected chi connectivity index (χ0v) is 10.6. The minimum absolute atomic E-state index is 0.0755. The van der Waals surface area contributed by atoms with Crippen LogP contribution in [0.15, 0.2) is 10.8 Å². The van der Waals surface area contributed by atoms with E-state index in [1.807, 2.05) is 6.92 Å². The van der Waals surface area contributed by atoms with Crippen LogP contribution in [-0.2, 0) is 0 Å². The van der Waals surface area contributed by atoms with E-state index in [4.69, 9.17) is 4.42 Å². The van der Waals surface area contributed by atoms with Crippen molar-refractivity contribution < 1.29 is 9.21 Å². The quantitative estimate of drug-likeness (QED) is 0.774. The number of alkyl halides is 1. The molecule has 84 valence electrons. The van der Waals surface area contributed by atoms with Gasteiger partial charge in [0.2, 0.25) is 5.76 Å². The second-order valence-corrected chi connectivity index (χ2v) is 3.99. The number of hydrogen-bond acceptors (Lipinski definition) is 3. The SMILES string of the molecule is CCN(CCCBr)C(=O)c1ocnc1C. The van der Waals surface area contributed by atoms with Crippen LogP contribution in [0.1, 0.15) is 29.6 Å². The maximum absolute atomic E-state index is 11.9. The molecule has 0 spiro atoms. The molecule has 0 aromatic carbocycles. The summed E-state index contributed by atoms with van der Waals surface area (Å²) in [4.78, 5) is 17.6. The van der Waals surface area contributed by atoms with Crippen molar-refractivity contribution in [2.75, 3.05) is 18.4 Å². The average Bonchev–Trinajstić information content (AvgIpc) is 2.65. The highest BCUT2D eigenvalue weighted by molar-refractivity contribution is 9.09. The van der Waals surface area contributed by atoms with Crippen LogP contribution in [0.4, 0.5) is 0 Å². The fraction of sp³-hybridized carbons (Fsp3) is 0.600. The van der Waals surface area contributed by atoms with Crippen molar-refractivity contribution in [2.24, 2.45) is 0 Å². The lowest BCUT2D eigenvalue weighted by atomic mass is 10.3. The van der Waals surface area contributed by atoms with Gasteiger partial charge in [0.1, 0.15) is 0 Å². The van der Waals surface area contributed by atoms with Crippen molar-refractivity contribution >= 4 is 21.8 Å². The third-order valence-electron chi connectivity index (χ3n) is 2.17. The van der Waals surface area contributed by atoms with E-state index in [1.165, 1.54) is 6.39 Å². The topological polar surface area (TPSA) is 46.3 Å². The fourth-order valence-electron chi connectivity index (χ4n) is 1.30. The van der Waals surface area contributed by atoms with Gasteiger partial charge in [-0.1, -0.05) is 15.9 Å². The van der Waals surface area contributed by atoms with E-state index in [0.717, 1.165) is 18.3 Å². The van der Waals surface area contributed by atoms with Crippen LogP contribution in [0.3, 0.4) is 0 Å². The zero-order valence-electron chi connectivity index (χ0n) is 8.99. The Morgan fingerprint density at radius 1 is 1.67 bits per heavy atom. The Bertz CT molecular complexity index is 325. The van der Waals surface area contributed by atoms with Crippen molar-refractivity contribution in [3.05, 3.63) is 17.8 Å². The number of halogens is 1. The van der Waals surface area contributed by atoms with Crippen molar-refractivity contribution in [3.8, 4) is 0 Å². The van der Waals surface area contributed by atoms with Gasteiger partial charge in [0.25, 0.3) is 5.91 Å². The third kappa shape index (κ3) is 3.06. The molecule has 1 aromatic heterocycles. The fourth-order valence-corrected chi connectivity index (χ4v) is 1.56. The molecule has 0 aliphatic heterocycles. The van der Waals surface area contributed by atoms with Crippen molar-refractivity contribution in [2.45, 2.75) is 20.3 Å². The Morgan fingerprint density at radius 2 is 2.40 bits per heavy atom. The van der Waals surface area contributed by atoms with Gasteiger partial charge in [0, 0.05) is 18.4 Å². The van der Waals surface area contributed by atoms with Crippen molar-refractivity contribution in [1.29, 1.82) is 0 Å². The summed E-state index contributed by atoms with van der Waals surface area (Å²) < 4.78 is 5.07. The summed E-state index contributed by atoms with van der Waals surface area (Å²) in [5.41, 5.74) is 0.650. The molecule has 1 heterocycles. The molecule has 0 saturated heterocycles. The number of aromatic nitrogens is 1. The Hall–Kier alpha value is -0.840. The van der Waals surface area contributed by atoms with E-state index in [1.54, 1.807) is 11.8 Å². The smallest absolute Gasteiger partial charge is 0.291 e. The third-order valence-corrected chi connectivity index (χ3v) is 2.73. The Labute approximate surface area is 97.8 Å². The highest BCUT2D eigenvalue weighted by Gasteiger charge is 2.19. The number of carbonyl (C=O) groups is 1. The number of amides is 1. The van der Waals surface area contributed by atoms with Gasteiger partial charge in [0.15, 0.2) is 6.39 Å². The number of oxazole rings is 1. The molecule has 4 nitrogen and oxygen atoms in total. The van der Waals surface area contributed by atoms with Crippen molar-refractivity contribution in [1.82, 2.24) is 9.88 Å². The lowest BCUT2D eigenvalue weighted by molar-refractivity contribution is 0.0732. The molecule has 1 rings (SSSR count). The zero-order chi connectivity index (χ0) is 11.3. The average molecular weight is 275 g/mol. The van der Waals surface area contributed by atoms with E-state index in [2.05, 4.69) is 20.9 Å². The van der Waals surface area contributed by atoms with Crippen LogP contribution in [0.2, 0.25) is 0 Å². The first-order chi connectivity index (χ1) is 7.20. The molecular weight excluding hydrogens is 260 g/mol. The van der Waals surface area contributed by atoms with E-state index in [-0.39, 0.29) is 5.91 Å². The second-order valence-electron chi connectivity index (χ2n) is 3.19. The molecule has 0 radical (unpaired) electrons. The minimum Gasteiger partial charge on any atom is -0.438 e. The summed E-state index contributed by atoms with van der Waals surface area (Å²) >= 11 is 3.35. The second kappa shape index (κ2) is 5.90. The number of rotatable bonds is 5. The first-order valence-corrected chi connectivity index (χ1v) is 6.08. The molecule has 15 heavy (non-hydrogen) atoms. The van der Waals surface area contributed by atoms with Gasteiger partial charge in [-0.3, -0.25) is 4.79 Å². The van der Waals surface area contributed by atoms with Gasteiger partial charge in [-0.15, -0.1) is 0 Å². The predicted molar refractivity (Wildman–Crippen MR) is 61.2 cm³/mol. The van der Waals surface area contributed by atoms with E-state index in [9.17, 15) is 4.79 Å². The first kappa shape index (κ1) is 12.2. The van der Waals surface area contributed by atoms with Crippen LogP contribution in [0, 0.1) is 6.92 Å². The predicted octanol–water partition coefficient (Wildman–Crippen LogP) is 2.23. The molecule has 0 saturated carbocycles. The van der Waals surface area contributed by atoms with Crippen LogP contribution < -0.4 is 0 Å². The molecule has 1 amide bonds. The van der Waals surface area contributed by atoms with Gasteiger partial charge in [-0.2, -0.15) is 0 Å². The number of carbonyl (C=O) groups excluding carboxylic acids is 1. The Balaban J connectivity index is 2.69. The highest BCUT2D eigenvalue weighted by Crippen LogP contribution is 2.09. The summed E-state index contributed by atoms with van der Waals surface area (Å²) in [7, 11) is 0. The summed E-state index contributed by atoms with van der Waals surface area (Å²) in [6.45, 7) is 5.15. The summed E-state index contributed by atoms with van der Waals surface area (Å²) in [5, 5.41) is 0.895. The maximum Gasteiger partial charge on any atom is 0.291 e. The summed E-state index contributed by atoms with van der Waals surface area (Å²) in [5.74, 6) is 0.278. The number of hydrogen-bond donors (Lipinski definition) is 0. The molecular formula is C10H15BrN2O2. The van der Waals surface area contributed by atoms with Gasteiger partial charge in [-0.05, 0) is 20.3 Å². The number of nitrogens with zero attached hydrogens (tertiary/aromatic N) is 2. The molecule has 0 fully saturated rings. The summed E-state index contributed by atoms with van der Waals surface area (Å²) in [6.07, 6.45) is 2.24. The lowest BCUT2D eigenvalue weighted by Crippen LogP contribution is -2.32.